The van der Waals surface area contributed by atoms with Crippen molar-refractivity contribution in [3.8, 4) is 0 Å². The average molecular weight is 238 g/mol. The molecule has 0 saturated carbocycles. The van der Waals surface area contributed by atoms with E-state index in [1.807, 2.05) is 11.3 Å². The Morgan fingerprint density at radius 3 is 3.06 bits per heavy atom. The second-order valence-corrected chi connectivity index (χ2v) is 5.77. The maximum atomic E-state index is 5.91. The molecule has 0 spiro atoms. The number of nitrogens with two attached hydrogens (primary N) is 1. The summed E-state index contributed by atoms with van der Waals surface area (Å²) >= 11 is 1.84. The third-order valence-corrected chi connectivity index (χ3v) is 4.66. The lowest BCUT2D eigenvalue weighted by molar-refractivity contribution is 0.152. The highest BCUT2D eigenvalue weighted by Gasteiger charge is 2.22. The molecule has 90 valence electrons. The van der Waals surface area contributed by atoms with Crippen molar-refractivity contribution < 1.29 is 0 Å². The van der Waals surface area contributed by atoms with Gasteiger partial charge in [0.25, 0.3) is 0 Å². The molecular formula is C13H22N2S. The molecule has 2 heterocycles. The molecule has 1 aliphatic rings. The first kappa shape index (κ1) is 12.1. The molecule has 1 aromatic heterocycles. The monoisotopic (exact) mass is 238 g/mol. The molecule has 1 aliphatic heterocycles. The smallest absolute Gasteiger partial charge is 0.0183 e. The predicted octanol–water partition coefficient (Wildman–Crippen LogP) is 2.66. The van der Waals surface area contributed by atoms with Crippen LogP contribution in [0.4, 0.5) is 0 Å². The molecule has 2 nitrogen and oxygen atoms in total. The van der Waals surface area contributed by atoms with Crippen LogP contribution in [-0.2, 0) is 0 Å². The predicted molar refractivity (Wildman–Crippen MR) is 71.0 cm³/mol. The van der Waals surface area contributed by atoms with Gasteiger partial charge in [-0.2, -0.15) is 0 Å². The first-order chi connectivity index (χ1) is 7.81. The van der Waals surface area contributed by atoms with E-state index in [9.17, 15) is 0 Å². The lowest BCUT2D eigenvalue weighted by Crippen LogP contribution is -2.41. The SMILES string of the molecule is CC1CCCCN1CC(CN)c1cccs1. The largest absolute Gasteiger partial charge is 0.330 e. The second-order valence-electron chi connectivity index (χ2n) is 4.79. The van der Waals surface area contributed by atoms with Gasteiger partial charge in [0, 0.05) is 29.9 Å². The Balaban J connectivity index is 1.95. The van der Waals surface area contributed by atoms with Crippen LogP contribution < -0.4 is 5.73 Å². The molecule has 2 unspecified atom stereocenters. The van der Waals surface area contributed by atoms with E-state index in [1.165, 1.54) is 30.7 Å². The summed E-state index contributed by atoms with van der Waals surface area (Å²) in [6.45, 7) is 5.51. The number of rotatable bonds is 4. The molecular weight excluding hydrogens is 216 g/mol. The Hall–Kier alpha value is -0.380. The highest BCUT2D eigenvalue weighted by atomic mass is 32.1. The van der Waals surface area contributed by atoms with Gasteiger partial charge in [-0.25, -0.2) is 0 Å². The van der Waals surface area contributed by atoms with Gasteiger partial charge in [-0.05, 0) is 37.8 Å². The summed E-state index contributed by atoms with van der Waals surface area (Å²) in [7, 11) is 0. The van der Waals surface area contributed by atoms with Crippen molar-refractivity contribution >= 4 is 11.3 Å². The zero-order valence-corrected chi connectivity index (χ0v) is 10.9. The van der Waals surface area contributed by atoms with Gasteiger partial charge in [0.05, 0.1) is 0 Å². The van der Waals surface area contributed by atoms with Gasteiger partial charge >= 0.3 is 0 Å². The van der Waals surface area contributed by atoms with Crippen LogP contribution in [-0.4, -0.2) is 30.6 Å². The van der Waals surface area contributed by atoms with E-state index in [2.05, 4.69) is 29.3 Å². The van der Waals surface area contributed by atoms with Crippen LogP contribution in [0.25, 0.3) is 0 Å². The van der Waals surface area contributed by atoms with Crippen LogP contribution in [0.3, 0.4) is 0 Å². The van der Waals surface area contributed by atoms with E-state index >= 15 is 0 Å². The number of thiophene rings is 1. The van der Waals surface area contributed by atoms with Gasteiger partial charge in [0.15, 0.2) is 0 Å². The van der Waals surface area contributed by atoms with Crippen LogP contribution in [0.5, 0.6) is 0 Å². The Kier molecular flexibility index (Phi) is 4.38. The van der Waals surface area contributed by atoms with Gasteiger partial charge in [-0.3, -0.25) is 4.90 Å². The summed E-state index contributed by atoms with van der Waals surface area (Å²) in [6.07, 6.45) is 4.10. The topological polar surface area (TPSA) is 29.3 Å². The Bertz CT molecular complexity index is 297. The van der Waals surface area contributed by atoms with Crippen LogP contribution in [0, 0.1) is 0 Å². The summed E-state index contributed by atoms with van der Waals surface area (Å²) in [5.74, 6) is 0.528. The van der Waals surface area contributed by atoms with Crippen LogP contribution in [0.15, 0.2) is 17.5 Å². The minimum Gasteiger partial charge on any atom is -0.330 e. The highest BCUT2D eigenvalue weighted by molar-refractivity contribution is 7.10. The summed E-state index contributed by atoms with van der Waals surface area (Å²) in [6, 6.07) is 5.08. The third-order valence-electron chi connectivity index (χ3n) is 3.63. The molecule has 1 saturated heterocycles. The van der Waals surface area contributed by atoms with E-state index in [1.54, 1.807) is 0 Å². The molecule has 0 bridgehead atoms. The third kappa shape index (κ3) is 2.84. The lowest BCUT2D eigenvalue weighted by Gasteiger charge is -2.35. The molecule has 3 heteroatoms. The van der Waals surface area contributed by atoms with E-state index in [0.29, 0.717) is 5.92 Å². The number of piperidine rings is 1. The number of hydrogen-bond donors (Lipinski definition) is 1. The molecule has 2 N–H and O–H groups in total. The van der Waals surface area contributed by atoms with E-state index < -0.39 is 0 Å². The van der Waals surface area contributed by atoms with Crippen molar-refractivity contribution in [2.75, 3.05) is 19.6 Å². The minimum absolute atomic E-state index is 0.528. The molecule has 16 heavy (non-hydrogen) atoms. The summed E-state index contributed by atoms with van der Waals surface area (Å²) < 4.78 is 0. The Morgan fingerprint density at radius 2 is 2.44 bits per heavy atom. The standard InChI is InChI=1S/C13H22N2S/c1-11-5-2-3-7-15(11)10-12(9-14)13-6-4-8-16-13/h4,6,8,11-12H,2-3,5,7,9-10,14H2,1H3. The first-order valence-electron chi connectivity index (χ1n) is 6.28. The molecule has 0 radical (unpaired) electrons. The molecule has 0 aromatic carbocycles. The van der Waals surface area contributed by atoms with Crippen LogP contribution in [0.2, 0.25) is 0 Å². The quantitative estimate of drug-likeness (QED) is 0.874. The average Bonchev–Trinajstić information content (AvgIpc) is 2.81. The van der Waals surface area contributed by atoms with Crippen molar-refractivity contribution in [3.63, 3.8) is 0 Å². The summed E-state index contributed by atoms with van der Waals surface area (Å²) in [5.41, 5.74) is 5.91. The van der Waals surface area contributed by atoms with Crippen LogP contribution >= 0.6 is 11.3 Å². The maximum absolute atomic E-state index is 5.91. The van der Waals surface area contributed by atoms with E-state index in [4.69, 9.17) is 5.73 Å². The fraction of sp³-hybridized carbons (Fsp3) is 0.692. The zero-order chi connectivity index (χ0) is 11.4. The van der Waals surface area contributed by atoms with Gasteiger partial charge in [-0.15, -0.1) is 11.3 Å². The van der Waals surface area contributed by atoms with E-state index in [0.717, 1.165) is 19.1 Å². The number of hydrogen-bond acceptors (Lipinski definition) is 3. The van der Waals surface area contributed by atoms with Gasteiger partial charge in [0.2, 0.25) is 0 Å². The lowest BCUT2D eigenvalue weighted by atomic mass is 10.00. The first-order valence-corrected chi connectivity index (χ1v) is 7.16. The second kappa shape index (κ2) is 5.80. The minimum atomic E-state index is 0.528. The van der Waals surface area contributed by atoms with Crippen molar-refractivity contribution in [2.45, 2.75) is 38.1 Å². The Morgan fingerprint density at radius 1 is 1.56 bits per heavy atom. The fourth-order valence-electron chi connectivity index (χ4n) is 2.52. The molecule has 1 fully saturated rings. The fourth-order valence-corrected chi connectivity index (χ4v) is 3.35. The Labute approximate surface area is 102 Å². The van der Waals surface area contributed by atoms with Gasteiger partial charge in [0.1, 0.15) is 0 Å². The molecule has 1 aromatic rings. The molecule has 0 amide bonds. The normalized spacial score (nSPS) is 24.5. The summed E-state index contributed by atoms with van der Waals surface area (Å²) in [5, 5.41) is 2.15. The van der Waals surface area contributed by atoms with Crippen LogP contribution in [0.1, 0.15) is 37.0 Å². The van der Waals surface area contributed by atoms with E-state index in [-0.39, 0.29) is 0 Å². The van der Waals surface area contributed by atoms with Crippen molar-refractivity contribution in [1.29, 1.82) is 0 Å². The van der Waals surface area contributed by atoms with Gasteiger partial charge in [-0.1, -0.05) is 12.5 Å². The van der Waals surface area contributed by atoms with Crippen molar-refractivity contribution in [3.05, 3.63) is 22.4 Å². The van der Waals surface area contributed by atoms with Crippen molar-refractivity contribution in [1.82, 2.24) is 4.90 Å². The molecule has 2 atom stereocenters. The number of likely N-dealkylation sites (tertiary alicyclic amines) is 1. The zero-order valence-electron chi connectivity index (χ0n) is 10.1. The highest BCUT2D eigenvalue weighted by Crippen LogP contribution is 2.24. The molecule has 0 aliphatic carbocycles. The maximum Gasteiger partial charge on any atom is 0.0183 e. The summed E-state index contributed by atoms with van der Waals surface area (Å²) in [4.78, 5) is 4.06. The van der Waals surface area contributed by atoms with Crippen molar-refractivity contribution in [2.24, 2.45) is 5.73 Å². The molecule has 2 rings (SSSR count). The number of nitrogens with zero attached hydrogens (tertiary/aromatic N) is 1. The van der Waals surface area contributed by atoms with Gasteiger partial charge < -0.3 is 5.73 Å².